The Labute approximate surface area is 125 Å². The summed E-state index contributed by atoms with van der Waals surface area (Å²) < 4.78 is 11.1. The van der Waals surface area contributed by atoms with Crippen molar-refractivity contribution < 1.29 is 14.3 Å². The highest BCUT2D eigenvalue weighted by molar-refractivity contribution is 5.81. The summed E-state index contributed by atoms with van der Waals surface area (Å²) in [6.45, 7) is 2.06. The lowest BCUT2D eigenvalue weighted by atomic mass is 9.97. The van der Waals surface area contributed by atoms with Crippen LogP contribution in [0.5, 0.6) is 5.75 Å². The van der Waals surface area contributed by atoms with E-state index in [0.29, 0.717) is 12.5 Å². The third-order valence-corrected chi connectivity index (χ3v) is 4.43. The maximum atomic E-state index is 12.2. The first-order valence-corrected chi connectivity index (χ1v) is 7.71. The molecule has 2 unspecified atom stereocenters. The van der Waals surface area contributed by atoms with E-state index in [2.05, 4.69) is 12.2 Å². The second-order valence-electron chi connectivity index (χ2n) is 6.29. The van der Waals surface area contributed by atoms with Crippen LogP contribution in [-0.4, -0.2) is 30.8 Å². The van der Waals surface area contributed by atoms with Gasteiger partial charge in [0.15, 0.2) is 0 Å². The molecule has 2 fully saturated rings. The molecule has 0 amide bonds. The minimum absolute atomic E-state index is 0.0676. The summed E-state index contributed by atoms with van der Waals surface area (Å²) in [5.74, 6) is 0.724. The topological polar surface area (TPSA) is 47.6 Å². The Balaban J connectivity index is 1.66. The Bertz CT molecular complexity index is 509. The number of nitrogens with one attached hydrogen (secondary N) is 1. The number of carbonyl (C=O) groups excluding carboxylic acids is 1. The summed E-state index contributed by atoms with van der Waals surface area (Å²) in [6, 6.07) is 8.53. The summed E-state index contributed by atoms with van der Waals surface area (Å²) in [7, 11) is 1.47. The van der Waals surface area contributed by atoms with Crippen LogP contribution >= 0.6 is 0 Å². The average molecular weight is 289 g/mol. The predicted octanol–water partition coefficient (Wildman–Crippen LogP) is 2.59. The van der Waals surface area contributed by atoms with E-state index in [1.807, 2.05) is 24.3 Å². The molecule has 0 spiro atoms. The van der Waals surface area contributed by atoms with E-state index in [4.69, 9.17) is 9.47 Å². The van der Waals surface area contributed by atoms with E-state index in [1.165, 1.54) is 12.7 Å². The van der Waals surface area contributed by atoms with Crippen LogP contribution in [0.2, 0.25) is 0 Å². The fourth-order valence-corrected chi connectivity index (χ4v) is 3.10. The molecule has 2 aliphatic rings. The minimum atomic E-state index is -0.550. The fourth-order valence-electron chi connectivity index (χ4n) is 3.10. The highest BCUT2D eigenvalue weighted by Gasteiger charge is 2.49. The van der Waals surface area contributed by atoms with Gasteiger partial charge in [0.1, 0.15) is 17.4 Å². The van der Waals surface area contributed by atoms with Gasteiger partial charge in [-0.05, 0) is 44.7 Å². The van der Waals surface area contributed by atoms with Crippen molar-refractivity contribution in [3.05, 3.63) is 29.8 Å². The first-order chi connectivity index (χ1) is 10.1. The summed E-state index contributed by atoms with van der Waals surface area (Å²) in [5.41, 5.74) is 0.665. The average Bonchev–Trinajstić information content (AvgIpc) is 3.20. The van der Waals surface area contributed by atoms with Crippen molar-refractivity contribution in [1.29, 1.82) is 0 Å². The van der Waals surface area contributed by atoms with Crippen LogP contribution < -0.4 is 10.1 Å². The van der Waals surface area contributed by atoms with Crippen LogP contribution in [-0.2, 0) is 9.53 Å². The minimum Gasteiger partial charge on any atom is -0.490 e. The van der Waals surface area contributed by atoms with Crippen LogP contribution in [0.4, 0.5) is 0 Å². The van der Waals surface area contributed by atoms with Crippen molar-refractivity contribution in [1.82, 2.24) is 5.32 Å². The van der Waals surface area contributed by atoms with Gasteiger partial charge in [-0.25, -0.2) is 0 Å². The number of carbonyl (C=O) groups is 1. The molecule has 21 heavy (non-hydrogen) atoms. The van der Waals surface area contributed by atoms with E-state index in [9.17, 15) is 4.79 Å². The molecule has 4 heteroatoms. The van der Waals surface area contributed by atoms with Gasteiger partial charge in [0.25, 0.3) is 0 Å². The highest BCUT2D eigenvalue weighted by Crippen LogP contribution is 2.36. The second kappa shape index (κ2) is 5.68. The number of hydrogen-bond donors (Lipinski definition) is 1. The smallest absolute Gasteiger partial charge is 0.326 e. The summed E-state index contributed by atoms with van der Waals surface area (Å²) >= 11 is 0. The maximum Gasteiger partial charge on any atom is 0.326 e. The third kappa shape index (κ3) is 3.21. The predicted molar refractivity (Wildman–Crippen MR) is 80.4 cm³/mol. The van der Waals surface area contributed by atoms with Crippen molar-refractivity contribution in [2.75, 3.05) is 7.11 Å². The molecular weight excluding hydrogens is 266 g/mol. The number of ether oxygens (including phenoxy) is 2. The molecule has 114 valence electrons. The lowest BCUT2D eigenvalue weighted by Crippen LogP contribution is -2.52. The maximum absolute atomic E-state index is 12.2. The summed E-state index contributed by atoms with van der Waals surface area (Å²) in [5, 5.41) is 3.49. The van der Waals surface area contributed by atoms with E-state index in [1.54, 1.807) is 0 Å². The molecule has 1 N–H and O–H groups in total. The molecular formula is C17H23NO3. The number of aryl methyl sites for hydroxylation is 1. The lowest BCUT2D eigenvalue weighted by molar-refractivity contribution is -0.148. The normalized spacial score (nSPS) is 28.4. The van der Waals surface area contributed by atoms with Crippen molar-refractivity contribution in [2.45, 2.75) is 56.7 Å². The fraction of sp³-hybridized carbons (Fsp3) is 0.588. The zero-order valence-electron chi connectivity index (χ0n) is 12.7. The highest BCUT2D eigenvalue weighted by atomic mass is 16.5. The van der Waals surface area contributed by atoms with Crippen LogP contribution in [0.25, 0.3) is 0 Å². The molecule has 0 aromatic heterocycles. The van der Waals surface area contributed by atoms with Crippen molar-refractivity contribution in [3.63, 3.8) is 0 Å². The molecule has 0 bridgehead atoms. The molecule has 3 rings (SSSR count). The molecule has 0 aliphatic heterocycles. The molecule has 2 aliphatic carbocycles. The van der Waals surface area contributed by atoms with Gasteiger partial charge in [-0.15, -0.1) is 0 Å². The van der Waals surface area contributed by atoms with Crippen LogP contribution in [0.3, 0.4) is 0 Å². The molecule has 0 saturated heterocycles. The molecule has 1 aromatic rings. The van der Waals surface area contributed by atoms with Crippen LogP contribution in [0.1, 0.15) is 37.7 Å². The van der Waals surface area contributed by atoms with Gasteiger partial charge < -0.3 is 9.47 Å². The van der Waals surface area contributed by atoms with E-state index in [-0.39, 0.29) is 12.1 Å². The summed E-state index contributed by atoms with van der Waals surface area (Å²) in [4.78, 5) is 12.2. The van der Waals surface area contributed by atoms with Crippen LogP contribution in [0, 0.1) is 6.92 Å². The SMILES string of the molecule is COC(=O)C1(NC2CC2)CCC(Oc2ccc(C)cc2)C1. The molecule has 2 saturated carbocycles. The molecule has 2 atom stereocenters. The molecule has 0 radical (unpaired) electrons. The van der Waals surface area contributed by atoms with Crippen molar-refractivity contribution in [2.24, 2.45) is 0 Å². The number of esters is 1. The van der Waals surface area contributed by atoms with Crippen LogP contribution in [0.15, 0.2) is 24.3 Å². The van der Waals surface area contributed by atoms with E-state index < -0.39 is 5.54 Å². The second-order valence-corrected chi connectivity index (χ2v) is 6.29. The number of rotatable bonds is 5. The number of methoxy groups -OCH3 is 1. The largest absolute Gasteiger partial charge is 0.490 e. The Morgan fingerprint density at radius 3 is 2.57 bits per heavy atom. The Hall–Kier alpha value is -1.55. The zero-order chi connectivity index (χ0) is 14.9. The number of benzene rings is 1. The molecule has 1 aromatic carbocycles. The van der Waals surface area contributed by atoms with Gasteiger partial charge in [-0.2, -0.15) is 0 Å². The lowest BCUT2D eigenvalue weighted by Gasteiger charge is -2.27. The Morgan fingerprint density at radius 2 is 1.95 bits per heavy atom. The third-order valence-electron chi connectivity index (χ3n) is 4.43. The van der Waals surface area contributed by atoms with Gasteiger partial charge in [0.2, 0.25) is 0 Å². The molecule has 0 heterocycles. The van der Waals surface area contributed by atoms with E-state index >= 15 is 0 Å². The Morgan fingerprint density at radius 1 is 1.24 bits per heavy atom. The Kier molecular flexibility index (Phi) is 3.89. The summed E-state index contributed by atoms with van der Waals surface area (Å²) in [6.07, 6.45) is 4.72. The first-order valence-electron chi connectivity index (χ1n) is 7.71. The van der Waals surface area contributed by atoms with Gasteiger partial charge in [-0.3, -0.25) is 10.1 Å². The number of hydrogen-bond acceptors (Lipinski definition) is 4. The molecule has 4 nitrogen and oxygen atoms in total. The van der Waals surface area contributed by atoms with Gasteiger partial charge in [0, 0.05) is 12.5 Å². The zero-order valence-corrected chi connectivity index (χ0v) is 12.7. The monoisotopic (exact) mass is 289 g/mol. The van der Waals surface area contributed by atoms with Gasteiger partial charge in [0.05, 0.1) is 7.11 Å². The quantitative estimate of drug-likeness (QED) is 0.846. The van der Waals surface area contributed by atoms with E-state index in [0.717, 1.165) is 31.4 Å². The van der Waals surface area contributed by atoms with Crippen molar-refractivity contribution in [3.8, 4) is 5.75 Å². The first kappa shape index (κ1) is 14.4. The standard InChI is InChI=1S/C17H23NO3/c1-12-3-7-14(8-4-12)21-15-9-10-17(11-15,16(19)20-2)18-13-5-6-13/h3-4,7-8,13,15,18H,5-6,9-11H2,1-2H3. The van der Waals surface area contributed by atoms with Gasteiger partial charge in [-0.1, -0.05) is 17.7 Å². The van der Waals surface area contributed by atoms with Crippen molar-refractivity contribution >= 4 is 5.97 Å². The van der Waals surface area contributed by atoms with Gasteiger partial charge >= 0.3 is 5.97 Å².